The Morgan fingerprint density at radius 1 is 1.05 bits per heavy atom. The summed E-state index contributed by atoms with van der Waals surface area (Å²) in [6.45, 7) is 0. The van der Waals surface area contributed by atoms with E-state index in [9.17, 15) is 13.6 Å². The molecule has 0 saturated carbocycles. The summed E-state index contributed by atoms with van der Waals surface area (Å²) in [6, 6.07) is 4.19. The van der Waals surface area contributed by atoms with Crippen LogP contribution in [0.3, 0.4) is 0 Å². The van der Waals surface area contributed by atoms with Gasteiger partial charge in [0.15, 0.2) is 5.82 Å². The van der Waals surface area contributed by atoms with E-state index in [1.54, 1.807) is 0 Å². The Morgan fingerprint density at radius 3 is 2.19 bits per heavy atom. The third-order valence-corrected chi connectivity index (χ3v) is 3.37. The molecular formula is C13H7Cl3F2N2O. The summed E-state index contributed by atoms with van der Waals surface area (Å²) < 4.78 is 27.0. The zero-order chi connectivity index (χ0) is 15.7. The fraction of sp³-hybridized carbons (Fsp3) is 0. The second-order valence-electron chi connectivity index (χ2n) is 4.06. The summed E-state index contributed by atoms with van der Waals surface area (Å²) in [4.78, 5) is 12.0. The predicted octanol–water partition coefficient (Wildman–Crippen LogP) is 4.76. The monoisotopic (exact) mass is 350 g/mol. The molecule has 0 heterocycles. The minimum atomic E-state index is -1.03. The van der Waals surface area contributed by atoms with Gasteiger partial charge in [-0.3, -0.25) is 4.79 Å². The van der Waals surface area contributed by atoms with Crippen LogP contribution in [0.4, 0.5) is 20.2 Å². The number of carbonyl (C=O) groups excluding carboxylic acids is 1. The fourth-order valence-electron chi connectivity index (χ4n) is 1.62. The summed E-state index contributed by atoms with van der Waals surface area (Å²) in [5, 5.41) is 2.68. The molecule has 21 heavy (non-hydrogen) atoms. The lowest BCUT2D eigenvalue weighted by Gasteiger charge is -2.11. The summed E-state index contributed by atoms with van der Waals surface area (Å²) in [5.74, 6) is -2.81. The first-order valence-corrected chi connectivity index (χ1v) is 6.63. The van der Waals surface area contributed by atoms with Crippen LogP contribution in [0, 0.1) is 11.6 Å². The predicted molar refractivity (Wildman–Crippen MR) is 80.2 cm³/mol. The van der Waals surface area contributed by atoms with Gasteiger partial charge in [-0.15, -0.1) is 0 Å². The first-order chi connectivity index (χ1) is 9.79. The number of nitrogens with two attached hydrogens (primary N) is 1. The van der Waals surface area contributed by atoms with Crippen LogP contribution in [0.25, 0.3) is 0 Å². The number of rotatable bonds is 2. The molecule has 3 nitrogen and oxygen atoms in total. The molecule has 8 heteroatoms. The average molecular weight is 352 g/mol. The SMILES string of the molecule is Nc1cc(F)cc(C(=O)Nc2c(Cl)cc(Cl)cc2Cl)c1F. The number of hydrogen-bond acceptors (Lipinski definition) is 2. The maximum absolute atomic E-state index is 13.8. The van der Waals surface area contributed by atoms with Crippen LogP contribution in [-0.4, -0.2) is 5.91 Å². The van der Waals surface area contributed by atoms with E-state index in [-0.39, 0.29) is 20.8 Å². The van der Waals surface area contributed by atoms with Crippen LogP contribution in [0.1, 0.15) is 10.4 Å². The molecule has 0 radical (unpaired) electrons. The van der Waals surface area contributed by atoms with Crippen molar-refractivity contribution in [3.05, 3.63) is 56.5 Å². The molecule has 2 aromatic rings. The lowest BCUT2D eigenvalue weighted by atomic mass is 10.1. The highest BCUT2D eigenvalue weighted by Gasteiger charge is 2.18. The molecule has 110 valence electrons. The topological polar surface area (TPSA) is 55.1 Å². The Hall–Kier alpha value is -1.56. The van der Waals surface area contributed by atoms with Gasteiger partial charge in [-0.1, -0.05) is 34.8 Å². The smallest absolute Gasteiger partial charge is 0.258 e. The van der Waals surface area contributed by atoms with Gasteiger partial charge in [-0.25, -0.2) is 8.78 Å². The van der Waals surface area contributed by atoms with Crippen LogP contribution < -0.4 is 11.1 Å². The van der Waals surface area contributed by atoms with E-state index < -0.39 is 28.8 Å². The number of carbonyl (C=O) groups is 1. The van der Waals surface area contributed by atoms with Crippen LogP contribution in [0.2, 0.25) is 15.1 Å². The van der Waals surface area contributed by atoms with E-state index in [4.69, 9.17) is 40.5 Å². The van der Waals surface area contributed by atoms with Gasteiger partial charge in [0.25, 0.3) is 5.91 Å². The maximum atomic E-state index is 13.8. The van der Waals surface area contributed by atoms with Crippen LogP contribution in [0.15, 0.2) is 24.3 Å². The first-order valence-electron chi connectivity index (χ1n) is 5.50. The van der Waals surface area contributed by atoms with Crippen molar-refractivity contribution in [1.82, 2.24) is 0 Å². The molecule has 3 N–H and O–H groups in total. The summed E-state index contributed by atoms with van der Waals surface area (Å²) in [5.41, 5.74) is 4.27. The molecule has 0 atom stereocenters. The second kappa shape index (κ2) is 6.05. The van der Waals surface area contributed by atoms with E-state index in [1.165, 1.54) is 12.1 Å². The minimum absolute atomic E-state index is 0.0370. The van der Waals surface area contributed by atoms with Crippen molar-refractivity contribution in [3.63, 3.8) is 0 Å². The number of benzene rings is 2. The van der Waals surface area contributed by atoms with Gasteiger partial charge >= 0.3 is 0 Å². The molecule has 0 aliphatic rings. The minimum Gasteiger partial charge on any atom is -0.396 e. The van der Waals surface area contributed by atoms with Crippen molar-refractivity contribution in [3.8, 4) is 0 Å². The molecule has 0 spiro atoms. The zero-order valence-corrected chi connectivity index (χ0v) is 12.5. The Bertz CT molecular complexity index is 715. The standard InChI is InChI=1S/C13H7Cl3F2N2O/c14-5-1-8(15)12(9(16)2-5)20-13(21)7-3-6(17)4-10(19)11(7)18/h1-4H,19H2,(H,20,21). The molecule has 0 fully saturated rings. The molecule has 2 rings (SSSR count). The van der Waals surface area contributed by atoms with Gasteiger partial charge in [0.05, 0.1) is 27.0 Å². The highest BCUT2D eigenvalue weighted by molar-refractivity contribution is 6.42. The molecule has 0 aliphatic heterocycles. The van der Waals surface area contributed by atoms with Crippen molar-refractivity contribution in [2.75, 3.05) is 11.1 Å². The number of amides is 1. The van der Waals surface area contributed by atoms with E-state index in [0.29, 0.717) is 0 Å². The molecule has 0 aliphatic carbocycles. The Kier molecular flexibility index (Phi) is 4.56. The largest absolute Gasteiger partial charge is 0.396 e. The van der Waals surface area contributed by atoms with Crippen molar-refractivity contribution >= 4 is 52.1 Å². The third kappa shape index (κ3) is 3.37. The van der Waals surface area contributed by atoms with Crippen LogP contribution in [-0.2, 0) is 0 Å². The van der Waals surface area contributed by atoms with Crippen molar-refractivity contribution in [1.29, 1.82) is 0 Å². The normalized spacial score (nSPS) is 10.5. The van der Waals surface area contributed by atoms with E-state index in [2.05, 4.69) is 5.32 Å². The highest BCUT2D eigenvalue weighted by Crippen LogP contribution is 2.34. The van der Waals surface area contributed by atoms with Crippen molar-refractivity contribution in [2.24, 2.45) is 0 Å². The molecule has 0 saturated heterocycles. The number of nitrogens with one attached hydrogen (secondary N) is 1. The Labute approximate surface area is 133 Å². The molecular weight excluding hydrogens is 345 g/mol. The van der Waals surface area contributed by atoms with E-state index in [1.807, 2.05) is 0 Å². The second-order valence-corrected chi connectivity index (χ2v) is 5.31. The van der Waals surface area contributed by atoms with Gasteiger partial charge in [0, 0.05) is 5.02 Å². The summed E-state index contributed by atoms with van der Waals surface area (Å²) >= 11 is 17.5. The maximum Gasteiger partial charge on any atom is 0.258 e. The van der Waals surface area contributed by atoms with Gasteiger partial charge < -0.3 is 11.1 Å². The fourth-order valence-corrected chi connectivity index (χ4v) is 2.53. The summed E-state index contributed by atoms with van der Waals surface area (Å²) in [6.07, 6.45) is 0. The molecule has 0 bridgehead atoms. The number of halogens is 5. The molecule has 0 aromatic heterocycles. The van der Waals surface area contributed by atoms with Gasteiger partial charge in [0.1, 0.15) is 5.82 Å². The lowest BCUT2D eigenvalue weighted by molar-refractivity contribution is 0.102. The number of hydrogen-bond donors (Lipinski definition) is 2. The Balaban J connectivity index is 2.40. The van der Waals surface area contributed by atoms with E-state index in [0.717, 1.165) is 12.1 Å². The number of anilines is 2. The van der Waals surface area contributed by atoms with Crippen molar-refractivity contribution < 1.29 is 13.6 Å². The zero-order valence-electron chi connectivity index (χ0n) is 10.2. The van der Waals surface area contributed by atoms with Gasteiger partial charge in [-0.2, -0.15) is 0 Å². The van der Waals surface area contributed by atoms with E-state index >= 15 is 0 Å². The third-order valence-electron chi connectivity index (χ3n) is 2.56. The summed E-state index contributed by atoms with van der Waals surface area (Å²) in [7, 11) is 0. The quantitative estimate of drug-likeness (QED) is 0.767. The lowest BCUT2D eigenvalue weighted by Crippen LogP contribution is -2.16. The van der Waals surface area contributed by atoms with Crippen molar-refractivity contribution in [2.45, 2.75) is 0 Å². The molecule has 0 unspecified atom stereocenters. The number of nitrogen functional groups attached to an aromatic ring is 1. The van der Waals surface area contributed by atoms with Crippen LogP contribution >= 0.6 is 34.8 Å². The van der Waals surface area contributed by atoms with Crippen LogP contribution in [0.5, 0.6) is 0 Å². The highest BCUT2D eigenvalue weighted by atomic mass is 35.5. The van der Waals surface area contributed by atoms with Gasteiger partial charge in [0.2, 0.25) is 0 Å². The first kappa shape index (κ1) is 15.8. The molecule has 2 aromatic carbocycles. The molecule has 1 amide bonds. The Morgan fingerprint density at radius 2 is 1.62 bits per heavy atom. The van der Waals surface area contributed by atoms with Gasteiger partial charge in [-0.05, 0) is 24.3 Å². The average Bonchev–Trinajstić information content (AvgIpc) is 2.37.